The van der Waals surface area contributed by atoms with Crippen molar-refractivity contribution in [2.75, 3.05) is 7.11 Å². The molecule has 2 heteroatoms. The molecule has 1 aromatic rings. The van der Waals surface area contributed by atoms with Crippen LogP contribution in [-0.4, -0.2) is 13.4 Å². The number of rotatable bonds is 3. The maximum Gasteiger partial charge on any atom is 0.204 e. The fourth-order valence-electron chi connectivity index (χ4n) is 1.32. The predicted molar refractivity (Wildman–Crippen MR) is 62.1 cm³/mol. The molecule has 2 nitrogen and oxygen atoms in total. The van der Waals surface area contributed by atoms with Crippen LogP contribution < -0.4 is 4.74 Å². The SMILES string of the molecule is COC(Oc1ccc(C)cc1)C(C)(C)C. The van der Waals surface area contributed by atoms with Gasteiger partial charge in [-0.3, -0.25) is 0 Å². The van der Waals surface area contributed by atoms with Gasteiger partial charge in [-0.1, -0.05) is 38.5 Å². The first-order chi connectivity index (χ1) is 6.93. The summed E-state index contributed by atoms with van der Waals surface area (Å²) in [5, 5.41) is 0. The first-order valence-corrected chi connectivity index (χ1v) is 5.19. The first-order valence-electron chi connectivity index (χ1n) is 5.19. The van der Waals surface area contributed by atoms with E-state index < -0.39 is 0 Å². The highest BCUT2D eigenvalue weighted by Gasteiger charge is 2.26. The number of methoxy groups -OCH3 is 1. The Morgan fingerprint density at radius 1 is 1.07 bits per heavy atom. The zero-order chi connectivity index (χ0) is 11.5. The number of aryl methyl sites for hydroxylation is 1. The average Bonchev–Trinajstić information content (AvgIpc) is 2.15. The zero-order valence-electron chi connectivity index (χ0n) is 10.2. The highest BCUT2D eigenvalue weighted by Crippen LogP contribution is 2.25. The van der Waals surface area contributed by atoms with Crippen LogP contribution in [0.25, 0.3) is 0 Å². The van der Waals surface area contributed by atoms with E-state index in [1.165, 1.54) is 5.56 Å². The van der Waals surface area contributed by atoms with Crippen molar-refractivity contribution >= 4 is 0 Å². The molecule has 0 heterocycles. The van der Waals surface area contributed by atoms with E-state index in [-0.39, 0.29) is 11.7 Å². The fraction of sp³-hybridized carbons (Fsp3) is 0.538. The highest BCUT2D eigenvalue weighted by atomic mass is 16.7. The normalized spacial score (nSPS) is 13.7. The standard InChI is InChI=1S/C13H20O2/c1-10-6-8-11(9-7-10)15-12(14-5)13(2,3)4/h6-9,12H,1-5H3. The van der Waals surface area contributed by atoms with Gasteiger partial charge in [0.2, 0.25) is 6.29 Å². The second kappa shape index (κ2) is 4.67. The van der Waals surface area contributed by atoms with Gasteiger partial charge in [-0.2, -0.15) is 0 Å². The van der Waals surface area contributed by atoms with Gasteiger partial charge in [0.25, 0.3) is 0 Å². The molecule has 1 atom stereocenters. The van der Waals surface area contributed by atoms with Crippen LogP contribution in [0.5, 0.6) is 5.75 Å². The van der Waals surface area contributed by atoms with Crippen LogP contribution in [-0.2, 0) is 4.74 Å². The third-order valence-electron chi connectivity index (χ3n) is 2.19. The molecule has 15 heavy (non-hydrogen) atoms. The van der Waals surface area contributed by atoms with Crippen LogP contribution >= 0.6 is 0 Å². The molecule has 0 aliphatic carbocycles. The van der Waals surface area contributed by atoms with E-state index in [0.717, 1.165) is 5.75 Å². The molecule has 0 aliphatic heterocycles. The summed E-state index contributed by atoms with van der Waals surface area (Å²) < 4.78 is 11.1. The van der Waals surface area contributed by atoms with Crippen molar-refractivity contribution in [2.45, 2.75) is 34.0 Å². The van der Waals surface area contributed by atoms with Gasteiger partial charge in [0, 0.05) is 12.5 Å². The highest BCUT2D eigenvalue weighted by molar-refractivity contribution is 5.26. The van der Waals surface area contributed by atoms with E-state index in [0.29, 0.717) is 0 Å². The van der Waals surface area contributed by atoms with Crippen LogP contribution in [0.2, 0.25) is 0 Å². The average molecular weight is 208 g/mol. The molecule has 0 saturated heterocycles. The molecule has 84 valence electrons. The van der Waals surface area contributed by atoms with Crippen LogP contribution in [0.3, 0.4) is 0 Å². The van der Waals surface area contributed by atoms with Gasteiger partial charge in [0.15, 0.2) is 0 Å². The van der Waals surface area contributed by atoms with E-state index >= 15 is 0 Å². The summed E-state index contributed by atoms with van der Waals surface area (Å²) in [6, 6.07) is 8.00. The van der Waals surface area contributed by atoms with E-state index in [1.807, 2.05) is 24.3 Å². The Hall–Kier alpha value is -1.02. The van der Waals surface area contributed by atoms with Crippen molar-refractivity contribution in [2.24, 2.45) is 5.41 Å². The maximum atomic E-state index is 5.76. The van der Waals surface area contributed by atoms with Crippen molar-refractivity contribution in [1.29, 1.82) is 0 Å². The molecule has 0 aromatic heterocycles. The summed E-state index contributed by atoms with van der Waals surface area (Å²) >= 11 is 0. The largest absolute Gasteiger partial charge is 0.464 e. The quantitative estimate of drug-likeness (QED) is 0.709. The molecule has 1 rings (SSSR count). The minimum atomic E-state index is -0.222. The third-order valence-corrected chi connectivity index (χ3v) is 2.19. The Morgan fingerprint density at radius 2 is 1.60 bits per heavy atom. The van der Waals surface area contributed by atoms with Crippen molar-refractivity contribution < 1.29 is 9.47 Å². The van der Waals surface area contributed by atoms with Crippen molar-refractivity contribution in [3.05, 3.63) is 29.8 Å². The monoisotopic (exact) mass is 208 g/mol. The Bertz CT molecular complexity index is 295. The molecule has 0 amide bonds. The molecule has 0 aliphatic rings. The lowest BCUT2D eigenvalue weighted by molar-refractivity contribution is -0.120. The zero-order valence-corrected chi connectivity index (χ0v) is 10.2. The van der Waals surface area contributed by atoms with Crippen LogP contribution in [0.15, 0.2) is 24.3 Å². The summed E-state index contributed by atoms with van der Waals surface area (Å²) in [5.74, 6) is 0.849. The molecular formula is C13H20O2. The number of hydrogen-bond donors (Lipinski definition) is 0. The summed E-state index contributed by atoms with van der Waals surface area (Å²) in [7, 11) is 1.67. The Kier molecular flexibility index (Phi) is 3.75. The van der Waals surface area contributed by atoms with E-state index in [1.54, 1.807) is 7.11 Å². The predicted octanol–water partition coefficient (Wildman–Crippen LogP) is 3.39. The van der Waals surface area contributed by atoms with E-state index in [4.69, 9.17) is 9.47 Å². The van der Waals surface area contributed by atoms with Gasteiger partial charge in [-0.25, -0.2) is 0 Å². The maximum absolute atomic E-state index is 5.76. The lowest BCUT2D eigenvalue weighted by atomic mass is 9.96. The second-order valence-electron chi connectivity index (χ2n) is 4.86. The van der Waals surface area contributed by atoms with Gasteiger partial charge < -0.3 is 9.47 Å². The topological polar surface area (TPSA) is 18.5 Å². The number of benzene rings is 1. The second-order valence-corrected chi connectivity index (χ2v) is 4.86. The van der Waals surface area contributed by atoms with Crippen LogP contribution in [0, 0.1) is 12.3 Å². The number of hydrogen-bond acceptors (Lipinski definition) is 2. The van der Waals surface area contributed by atoms with Gasteiger partial charge in [-0.05, 0) is 19.1 Å². The van der Waals surface area contributed by atoms with Crippen molar-refractivity contribution in [1.82, 2.24) is 0 Å². The fourth-order valence-corrected chi connectivity index (χ4v) is 1.32. The lowest BCUT2D eigenvalue weighted by Crippen LogP contribution is -2.33. The molecule has 0 spiro atoms. The Balaban J connectivity index is 2.71. The van der Waals surface area contributed by atoms with Gasteiger partial charge in [0.05, 0.1) is 0 Å². The molecule has 1 aromatic carbocycles. The Morgan fingerprint density at radius 3 is 2.00 bits per heavy atom. The first kappa shape index (κ1) is 12.1. The molecular weight excluding hydrogens is 188 g/mol. The number of ether oxygens (including phenoxy) is 2. The molecule has 1 unspecified atom stereocenters. The minimum absolute atomic E-state index is 0.0281. The smallest absolute Gasteiger partial charge is 0.204 e. The molecule has 0 bridgehead atoms. The van der Waals surface area contributed by atoms with E-state index in [9.17, 15) is 0 Å². The van der Waals surface area contributed by atoms with Crippen LogP contribution in [0.1, 0.15) is 26.3 Å². The summed E-state index contributed by atoms with van der Waals surface area (Å²) in [6.45, 7) is 8.33. The molecule has 0 N–H and O–H groups in total. The summed E-state index contributed by atoms with van der Waals surface area (Å²) in [6.07, 6.45) is -0.222. The molecule has 0 fully saturated rings. The molecule has 0 radical (unpaired) electrons. The molecule has 0 saturated carbocycles. The van der Waals surface area contributed by atoms with E-state index in [2.05, 4.69) is 27.7 Å². The summed E-state index contributed by atoms with van der Waals surface area (Å²) in [4.78, 5) is 0. The van der Waals surface area contributed by atoms with Gasteiger partial charge in [-0.15, -0.1) is 0 Å². The lowest BCUT2D eigenvalue weighted by Gasteiger charge is -2.29. The van der Waals surface area contributed by atoms with Gasteiger partial charge in [0.1, 0.15) is 5.75 Å². The van der Waals surface area contributed by atoms with Crippen LogP contribution in [0.4, 0.5) is 0 Å². The minimum Gasteiger partial charge on any atom is -0.464 e. The third kappa shape index (κ3) is 3.56. The van der Waals surface area contributed by atoms with Crippen molar-refractivity contribution in [3.8, 4) is 5.75 Å². The van der Waals surface area contributed by atoms with Crippen molar-refractivity contribution in [3.63, 3.8) is 0 Å². The Labute approximate surface area is 92.2 Å². The summed E-state index contributed by atoms with van der Waals surface area (Å²) in [5.41, 5.74) is 1.20. The van der Waals surface area contributed by atoms with Gasteiger partial charge >= 0.3 is 0 Å².